The monoisotopic (exact) mass is 467 g/mol. The highest BCUT2D eigenvalue weighted by Gasteiger charge is 2.33. The van der Waals surface area contributed by atoms with Crippen molar-refractivity contribution in [3.63, 3.8) is 0 Å². The maximum atomic E-state index is 13.4. The normalized spacial score (nSPS) is 15.6. The van der Waals surface area contributed by atoms with Gasteiger partial charge < -0.3 is 14.8 Å². The molecule has 3 aromatic rings. The smallest absolute Gasteiger partial charge is 0.338 e. The summed E-state index contributed by atoms with van der Waals surface area (Å²) in [6.07, 6.45) is 1.56. The zero-order chi connectivity index (χ0) is 23.5. The molecular weight excluding hydrogens is 445 g/mol. The molecule has 0 bridgehead atoms. The molecule has 0 saturated carbocycles. The molecule has 0 saturated heterocycles. The van der Waals surface area contributed by atoms with Gasteiger partial charge in [0, 0.05) is 11.9 Å². The molecule has 1 atom stereocenters. The molecule has 2 heterocycles. The van der Waals surface area contributed by atoms with E-state index < -0.39 is 12.0 Å². The van der Waals surface area contributed by atoms with Gasteiger partial charge in [-0.05, 0) is 55.8 Å². The zero-order valence-electron chi connectivity index (χ0n) is 18.3. The minimum Gasteiger partial charge on any atom is -0.497 e. The van der Waals surface area contributed by atoms with Crippen molar-refractivity contribution in [1.29, 1.82) is 0 Å². The van der Waals surface area contributed by atoms with Crippen LogP contribution in [0.3, 0.4) is 0 Å². The van der Waals surface area contributed by atoms with Gasteiger partial charge in [-0.15, -0.1) is 0 Å². The molecule has 170 valence electrons. The van der Waals surface area contributed by atoms with Crippen LogP contribution in [0, 0.1) is 5.82 Å². The SMILES string of the molecule is CCOC(=O)C1=C(C)N=c2s/c(=C\Nc3ccc(F)cc3)c(=O)n2[C@H]1c1ccc(OC)cc1. The number of aromatic nitrogens is 1. The van der Waals surface area contributed by atoms with Crippen LogP contribution in [0.2, 0.25) is 0 Å². The highest BCUT2D eigenvalue weighted by atomic mass is 32.1. The lowest BCUT2D eigenvalue weighted by Crippen LogP contribution is -2.40. The molecule has 1 N–H and O–H groups in total. The number of methoxy groups -OCH3 is 1. The van der Waals surface area contributed by atoms with Crippen molar-refractivity contribution in [2.24, 2.45) is 4.99 Å². The van der Waals surface area contributed by atoms with Gasteiger partial charge in [-0.25, -0.2) is 14.2 Å². The number of esters is 1. The second-order valence-electron chi connectivity index (χ2n) is 7.23. The second kappa shape index (κ2) is 9.41. The minimum atomic E-state index is -0.695. The summed E-state index contributed by atoms with van der Waals surface area (Å²) in [7, 11) is 1.57. The molecule has 1 aromatic heterocycles. The Morgan fingerprint density at radius 1 is 1.21 bits per heavy atom. The molecule has 9 heteroatoms. The largest absolute Gasteiger partial charge is 0.497 e. The van der Waals surface area contributed by atoms with Crippen molar-refractivity contribution in [1.82, 2.24) is 4.57 Å². The summed E-state index contributed by atoms with van der Waals surface area (Å²) in [5.74, 6) is -0.201. The van der Waals surface area contributed by atoms with E-state index in [1.165, 1.54) is 28.0 Å². The quantitative estimate of drug-likeness (QED) is 0.564. The predicted octanol–water partition coefficient (Wildman–Crippen LogP) is 2.97. The number of ether oxygens (including phenoxy) is 2. The first-order valence-corrected chi connectivity index (χ1v) is 11.1. The average molecular weight is 468 g/mol. The number of fused-ring (bicyclic) bond motifs is 1. The summed E-state index contributed by atoms with van der Waals surface area (Å²) >= 11 is 1.20. The number of nitrogens with one attached hydrogen (secondary N) is 1. The molecule has 0 aliphatic carbocycles. The second-order valence-corrected chi connectivity index (χ2v) is 8.24. The molecule has 1 aliphatic heterocycles. The van der Waals surface area contributed by atoms with Gasteiger partial charge in [0.1, 0.15) is 16.1 Å². The van der Waals surface area contributed by atoms with E-state index in [1.807, 2.05) is 12.1 Å². The molecule has 2 aromatic carbocycles. The summed E-state index contributed by atoms with van der Waals surface area (Å²) in [5.41, 5.74) is 1.87. The van der Waals surface area contributed by atoms with E-state index in [1.54, 1.807) is 51.4 Å². The lowest BCUT2D eigenvalue weighted by molar-refractivity contribution is -0.139. The molecule has 0 amide bonds. The predicted molar refractivity (Wildman–Crippen MR) is 124 cm³/mol. The number of rotatable bonds is 6. The third-order valence-corrected chi connectivity index (χ3v) is 6.15. The third-order valence-electron chi connectivity index (χ3n) is 5.16. The van der Waals surface area contributed by atoms with Crippen molar-refractivity contribution in [3.05, 3.63) is 90.9 Å². The Kier molecular flexibility index (Phi) is 6.41. The Hall–Kier alpha value is -3.72. The number of hydrogen-bond acceptors (Lipinski definition) is 7. The fraction of sp³-hybridized carbons (Fsp3) is 0.208. The van der Waals surface area contributed by atoms with Crippen LogP contribution in [0.25, 0.3) is 6.20 Å². The first-order chi connectivity index (χ1) is 15.9. The Bertz CT molecular complexity index is 1390. The van der Waals surface area contributed by atoms with Gasteiger partial charge in [0.05, 0.1) is 31.0 Å². The molecule has 7 nitrogen and oxygen atoms in total. The molecule has 0 radical (unpaired) electrons. The van der Waals surface area contributed by atoms with Gasteiger partial charge in [0.25, 0.3) is 5.56 Å². The number of nitrogens with zero attached hydrogens (tertiary/aromatic N) is 2. The van der Waals surface area contributed by atoms with Gasteiger partial charge >= 0.3 is 5.97 Å². The topological polar surface area (TPSA) is 81.9 Å². The van der Waals surface area contributed by atoms with Gasteiger partial charge in [-0.3, -0.25) is 9.36 Å². The highest BCUT2D eigenvalue weighted by Crippen LogP contribution is 2.31. The van der Waals surface area contributed by atoms with Crippen LogP contribution in [-0.2, 0) is 9.53 Å². The maximum Gasteiger partial charge on any atom is 0.338 e. The Balaban J connectivity index is 1.84. The first-order valence-electron chi connectivity index (χ1n) is 10.3. The van der Waals surface area contributed by atoms with Crippen LogP contribution in [-0.4, -0.2) is 24.3 Å². The molecule has 1 aliphatic rings. The number of benzene rings is 2. The molecule has 0 fully saturated rings. The first kappa shape index (κ1) is 22.5. The van der Waals surface area contributed by atoms with E-state index in [2.05, 4.69) is 10.3 Å². The van der Waals surface area contributed by atoms with Crippen LogP contribution < -0.4 is 24.9 Å². The molecule has 33 heavy (non-hydrogen) atoms. The van der Waals surface area contributed by atoms with Crippen LogP contribution in [0.4, 0.5) is 10.1 Å². The molecule has 4 rings (SSSR count). The highest BCUT2D eigenvalue weighted by molar-refractivity contribution is 7.07. The molecular formula is C24H22FN3O4S. The van der Waals surface area contributed by atoms with E-state index in [0.717, 1.165) is 5.56 Å². The molecule has 0 unspecified atom stereocenters. The lowest BCUT2D eigenvalue weighted by atomic mass is 9.96. The van der Waals surface area contributed by atoms with Crippen molar-refractivity contribution in [3.8, 4) is 5.75 Å². The Morgan fingerprint density at radius 3 is 2.55 bits per heavy atom. The van der Waals surface area contributed by atoms with E-state index in [0.29, 0.717) is 32.0 Å². The summed E-state index contributed by atoms with van der Waals surface area (Å²) in [6, 6.07) is 12.3. The van der Waals surface area contributed by atoms with Crippen LogP contribution in [0.5, 0.6) is 5.75 Å². The van der Waals surface area contributed by atoms with Gasteiger partial charge in [-0.1, -0.05) is 23.5 Å². The van der Waals surface area contributed by atoms with Crippen LogP contribution in [0.1, 0.15) is 25.5 Å². The molecule has 0 spiro atoms. The lowest BCUT2D eigenvalue weighted by Gasteiger charge is -2.24. The maximum absolute atomic E-state index is 13.4. The van der Waals surface area contributed by atoms with Crippen molar-refractivity contribution < 1.29 is 18.7 Å². The zero-order valence-corrected chi connectivity index (χ0v) is 19.1. The number of hydrogen-bond donors (Lipinski definition) is 1. The minimum absolute atomic E-state index is 0.205. The number of carbonyl (C=O) groups is 1. The van der Waals surface area contributed by atoms with Crippen molar-refractivity contribution in [2.75, 3.05) is 19.0 Å². The van der Waals surface area contributed by atoms with E-state index in [4.69, 9.17) is 9.47 Å². The van der Waals surface area contributed by atoms with Gasteiger partial charge in [0.2, 0.25) is 0 Å². The summed E-state index contributed by atoms with van der Waals surface area (Å²) in [6.45, 7) is 3.67. The van der Waals surface area contributed by atoms with E-state index in [-0.39, 0.29) is 18.0 Å². The summed E-state index contributed by atoms with van der Waals surface area (Å²) in [4.78, 5) is 31.3. The number of allylic oxidation sites excluding steroid dienone is 1. The Labute approximate surface area is 193 Å². The van der Waals surface area contributed by atoms with Crippen LogP contribution >= 0.6 is 11.3 Å². The van der Waals surface area contributed by atoms with E-state index in [9.17, 15) is 14.0 Å². The van der Waals surface area contributed by atoms with Crippen LogP contribution in [0.15, 0.2) is 69.6 Å². The Morgan fingerprint density at radius 2 is 1.91 bits per heavy atom. The third kappa shape index (κ3) is 4.45. The fourth-order valence-corrected chi connectivity index (χ4v) is 4.56. The standard InChI is InChI=1S/C24H22FN3O4S/c1-4-32-23(30)20-14(2)27-24-28(21(20)15-5-11-18(31-3)12-6-15)22(29)19(33-24)13-26-17-9-7-16(25)8-10-17/h5-13,21,26H,4H2,1-3H3/b19-13-/t21-/m0/s1. The average Bonchev–Trinajstić information content (AvgIpc) is 3.12. The number of halogens is 1. The van der Waals surface area contributed by atoms with Gasteiger partial charge in [-0.2, -0.15) is 0 Å². The van der Waals surface area contributed by atoms with Crippen molar-refractivity contribution in [2.45, 2.75) is 19.9 Å². The summed E-state index contributed by atoms with van der Waals surface area (Å²) < 4.78 is 25.6. The fourth-order valence-electron chi connectivity index (χ4n) is 3.59. The van der Waals surface area contributed by atoms with E-state index >= 15 is 0 Å². The number of anilines is 1. The van der Waals surface area contributed by atoms with Crippen molar-refractivity contribution >= 4 is 29.2 Å². The number of carbonyl (C=O) groups excluding carboxylic acids is 1. The summed E-state index contributed by atoms with van der Waals surface area (Å²) in [5, 5.41) is 3.02. The van der Waals surface area contributed by atoms with Gasteiger partial charge in [0.15, 0.2) is 4.80 Å². The number of thiazole rings is 1.